The lowest BCUT2D eigenvalue weighted by atomic mass is 9.98. The van der Waals surface area contributed by atoms with E-state index in [0.717, 1.165) is 25.1 Å². The van der Waals surface area contributed by atoms with Gasteiger partial charge in [-0.1, -0.05) is 6.07 Å². The van der Waals surface area contributed by atoms with Crippen LogP contribution < -0.4 is 0 Å². The maximum atomic E-state index is 11.6. The highest BCUT2D eigenvalue weighted by atomic mass is 16.5. The molecule has 0 unspecified atom stereocenters. The maximum Gasteiger partial charge on any atom is 0.356 e. The Bertz CT molecular complexity index is 518. The minimum Gasteiger partial charge on any atom is -0.469 e. The van der Waals surface area contributed by atoms with Crippen molar-refractivity contribution in [2.24, 2.45) is 5.92 Å². The molecule has 0 spiro atoms. The van der Waals surface area contributed by atoms with Crippen molar-refractivity contribution in [3.63, 3.8) is 0 Å². The largest absolute Gasteiger partial charge is 0.469 e. The van der Waals surface area contributed by atoms with E-state index in [4.69, 9.17) is 4.74 Å². The molecule has 0 aliphatic carbocycles. The van der Waals surface area contributed by atoms with E-state index in [9.17, 15) is 9.59 Å². The highest BCUT2D eigenvalue weighted by molar-refractivity contribution is 5.87. The van der Waals surface area contributed by atoms with E-state index >= 15 is 0 Å². The van der Waals surface area contributed by atoms with Gasteiger partial charge in [-0.15, -0.1) is 0 Å². The van der Waals surface area contributed by atoms with E-state index < -0.39 is 5.97 Å². The van der Waals surface area contributed by atoms with Crippen LogP contribution >= 0.6 is 0 Å². The number of pyridine rings is 1. The van der Waals surface area contributed by atoms with Gasteiger partial charge in [-0.2, -0.15) is 0 Å². The zero-order valence-corrected chi connectivity index (χ0v) is 12.4. The average Bonchev–Trinajstić information content (AvgIpc) is 2.53. The molecule has 2 rings (SSSR count). The van der Waals surface area contributed by atoms with Crippen LogP contribution in [0.1, 0.15) is 29.0 Å². The second-order valence-electron chi connectivity index (χ2n) is 5.10. The number of hydrogen-bond acceptors (Lipinski definition) is 6. The first-order valence-electron chi connectivity index (χ1n) is 6.98. The van der Waals surface area contributed by atoms with Crippen molar-refractivity contribution in [2.75, 3.05) is 27.3 Å². The van der Waals surface area contributed by atoms with Crippen LogP contribution in [-0.4, -0.2) is 49.1 Å². The van der Waals surface area contributed by atoms with Crippen molar-refractivity contribution in [1.29, 1.82) is 0 Å². The molecule has 1 aromatic rings. The predicted octanol–water partition coefficient (Wildman–Crippen LogP) is 1.25. The molecule has 6 nitrogen and oxygen atoms in total. The Kier molecular flexibility index (Phi) is 5.27. The quantitative estimate of drug-likeness (QED) is 0.778. The van der Waals surface area contributed by atoms with Crippen molar-refractivity contribution >= 4 is 11.9 Å². The maximum absolute atomic E-state index is 11.6. The normalized spacial score (nSPS) is 19.0. The number of piperidine rings is 1. The number of nitrogens with zero attached hydrogens (tertiary/aromatic N) is 2. The molecule has 1 fully saturated rings. The summed E-state index contributed by atoms with van der Waals surface area (Å²) in [5, 5.41) is 0. The summed E-state index contributed by atoms with van der Waals surface area (Å²) in [6.45, 7) is 2.19. The topological polar surface area (TPSA) is 68.7 Å². The molecule has 0 amide bonds. The molecule has 1 aromatic heterocycles. The Morgan fingerprint density at radius 2 is 2.14 bits per heavy atom. The third kappa shape index (κ3) is 4.01. The number of carbonyl (C=O) groups excluding carboxylic acids is 2. The van der Waals surface area contributed by atoms with E-state index in [1.54, 1.807) is 12.1 Å². The molecule has 0 saturated carbocycles. The van der Waals surface area contributed by atoms with Crippen LogP contribution in [0.5, 0.6) is 0 Å². The van der Waals surface area contributed by atoms with Gasteiger partial charge in [-0.05, 0) is 31.5 Å². The van der Waals surface area contributed by atoms with Gasteiger partial charge in [0, 0.05) is 13.1 Å². The smallest absolute Gasteiger partial charge is 0.356 e. The summed E-state index contributed by atoms with van der Waals surface area (Å²) in [5.41, 5.74) is 1.10. The molecule has 114 valence electrons. The summed E-state index contributed by atoms with van der Waals surface area (Å²) in [4.78, 5) is 29.6. The lowest BCUT2D eigenvalue weighted by molar-refractivity contribution is -0.147. The molecule has 21 heavy (non-hydrogen) atoms. The van der Waals surface area contributed by atoms with Gasteiger partial charge in [0.1, 0.15) is 5.69 Å². The lowest BCUT2D eigenvalue weighted by Gasteiger charge is -2.30. The number of rotatable bonds is 4. The van der Waals surface area contributed by atoms with E-state index in [1.165, 1.54) is 14.2 Å². The molecule has 0 aromatic carbocycles. The summed E-state index contributed by atoms with van der Waals surface area (Å²) in [5.74, 6) is -0.675. The summed E-state index contributed by atoms with van der Waals surface area (Å²) < 4.78 is 9.48. The first-order chi connectivity index (χ1) is 10.1. The van der Waals surface area contributed by atoms with Crippen LogP contribution in [-0.2, 0) is 20.8 Å². The van der Waals surface area contributed by atoms with E-state index in [2.05, 4.69) is 14.6 Å². The molecule has 0 N–H and O–H groups in total. The van der Waals surface area contributed by atoms with Crippen LogP contribution in [0, 0.1) is 5.92 Å². The summed E-state index contributed by atoms with van der Waals surface area (Å²) in [6, 6.07) is 5.29. The van der Waals surface area contributed by atoms with Crippen molar-refractivity contribution < 1.29 is 19.1 Å². The van der Waals surface area contributed by atoms with Crippen LogP contribution in [0.15, 0.2) is 18.2 Å². The molecule has 0 radical (unpaired) electrons. The molecule has 2 heterocycles. The number of ether oxygens (including phenoxy) is 2. The molecule has 6 heteroatoms. The molecular formula is C15H20N2O4. The van der Waals surface area contributed by atoms with Gasteiger partial charge in [0.15, 0.2) is 0 Å². The Balaban J connectivity index is 2.01. The third-order valence-corrected chi connectivity index (χ3v) is 3.63. The minimum atomic E-state index is -0.442. The molecule has 1 aliphatic heterocycles. The molecule has 1 atom stereocenters. The predicted molar refractivity (Wildman–Crippen MR) is 75.6 cm³/mol. The second-order valence-corrected chi connectivity index (χ2v) is 5.10. The van der Waals surface area contributed by atoms with E-state index in [1.807, 2.05) is 6.07 Å². The molecular weight excluding hydrogens is 272 g/mol. The average molecular weight is 292 g/mol. The van der Waals surface area contributed by atoms with Gasteiger partial charge in [0.25, 0.3) is 0 Å². The van der Waals surface area contributed by atoms with Crippen molar-refractivity contribution in [3.8, 4) is 0 Å². The standard InChI is InChI=1S/C15H20N2O4/c1-20-14(18)11-5-4-8-17(9-11)10-12-6-3-7-13(16-12)15(19)21-2/h3,6-7,11H,4-5,8-10H2,1-2H3/t11-/m0/s1. The Morgan fingerprint density at radius 3 is 2.86 bits per heavy atom. The monoisotopic (exact) mass is 292 g/mol. The fraction of sp³-hybridized carbons (Fsp3) is 0.533. The second kappa shape index (κ2) is 7.17. The third-order valence-electron chi connectivity index (χ3n) is 3.63. The van der Waals surface area contributed by atoms with Gasteiger partial charge in [-0.3, -0.25) is 9.69 Å². The number of hydrogen-bond donors (Lipinski definition) is 0. The van der Waals surface area contributed by atoms with Crippen molar-refractivity contribution in [1.82, 2.24) is 9.88 Å². The van der Waals surface area contributed by atoms with Gasteiger partial charge >= 0.3 is 11.9 Å². The number of carbonyl (C=O) groups is 2. The van der Waals surface area contributed by atoms with Gasteiger partial charge in [0.05, 0.1) is 25.8 Å². The lowest BCUT2D eigenvalue weighted by Crippen LogP contribution is -2.38. The number of esters is 2. The highest BCUT2D eigenvalue weighted by Crippen LogP contribution is 2.19. The first-order valence-corrected chi connectivity index (χ1v) is 6.98. The van der Waals surface area contributed by atoms with Crippen LogP contribution in [0.3, 0.4) is 0 Å². The highest BCUT2D eigenvalue weighted by Gasteiger charge is 2.26. The van der Waals surface area contributed by atoms with Crippen LogP contribution in [0.25, 0.3) is 0 Å². The number of methoxy groups -OCH3 is 2. The van der Waals surface area contributed by atoms with Gasteiger partial charge in [0.2, 0.25) is 0 Å². The van der Waals surface area contributed by atoms with E-state index in [-0.39, 0.29) is 11.9 Å². The van der Waals surface area contributed by atoms with E-state index in [0.29, 0.717) is 18.8 Å². The zero-order valence-electron chi connectivity index (χ0n) is 12.4. The fourth-order valence-corrected chi connectivity index (χ4v) is 2.57. The molecule has 1 saturated heterocycles. The summed E-state index contributed by atoms with van der Waals surface area (Å²) in [6.07, 6.45) is 1.81. The SMILES string of the molecule is COC(=O)c1cccc(CN2CCC[C@H](C(=O)OC)C2)n1. The molecule has 1 aliphatic rings. The summed E-state index contributed by atoms with van der Waals surface area (Å²) >= 11 is 0. The van der Waals surface area contributed by atoms with Gasteiger partial charge in [-0.25, -0.2) is 9.78 Å². The minimum absolute atomic E-state index is 0.0764. The first kappa shape index (κ1) is 15.4. The Morgan fingerprint density at radius 1 is 1.33 bits per heavy atom. The van der Waals surface area contributed by atoms with Crippen molar-refractivity contribution in [2.45, 2.75) is 19.4 Å². The fourth-order valence-electron chi connectivity index (χ4n) is 2.57. The molecule has 0 bridgehead atoms. The van der Waals surface area contributed by atoms with Gasteiger partial charge < -0.3 is 9.47 Å². The van der Waals surface area contributed by atoms with Crippen molar-refractivity contribution in [3.05, 3.63) is 29.6 Å². The summed E-state index contributed by atoms with van der Waals surface area (Å²) in [7, 11) is 2.75. The number of aromatic nitrogens is 1. The van der Waals surface area contributed by atoms with Crippen LogP contribution in [0.2, 0.25) is 0 Å². The number of likely N-dealkylation sites (tertiary alicyclic amines) is 1. The Hall–Kier alpha value is -1.95. The van der Waals surface area contributed by atoms with Crippen LogP contribution in [0.4, 0.5) is 0 Å². The Labute approximate surface area is 124 Å². The zero-order chi connectivity index (χ0) is 15.2.